The van der Waals surface area contributed by atoms with Crippen LogP contribution in [0.1, 0.15) is 33.1 Å². The van der Waals surface area contributed by atoms with E-state index < -0.39 is 0 Å². The molecule has 0 aromatic carbocycles. The highest BCUT2D eigenvalue weighted by Gasteiger charge is 2.16. The first-order valence-corrected chi connectivity index (χ1v) is 7.34. The Morgan fingerprint density at radius 2 is 2.33 bits per heavy atom. The van der Waals surface area contributed by atoms with Crippen LogP contribution in [-0.4, -0.2) is 34.7 Å². The minimum Gasteiger partial charge on any atom is -0.395 e. The van der Waals surface area contributed by atoms with E-state index in [-0.39, 0.29) is 12.5 Å². The Morgan fingerprint density at radius 3 is 3.00 bits per heavy atom. The molecule has 0 saturated heterocycles. The maximum atomic E-state index is 12.1. The van der Waals surface area contributed by atoms with E-state index in [0.29, 0.717) is 24.4 Å². The zero-order chi connectivity index (χ0) is 15.2. The molecule has 21 heavy (non-hydrogen) atoms. The number of amides is 1. The number of aromatic nitrogens is 1. The fraction of sp³-hybridized carbons (Fsp3) is 0.333. The fourth-order valence-electron chi connectivity index (χ4n) is 1.72. The van der Waals surface area contributed by atoms with Crippen LogP contribution < -0.4 is 0 Å². The van der Waals surface area contributed by atoms with Gasteiger partial charge in [-0.3, -0.25) is 4.79 Å². The summed E-state index contributed by atoms with van der Waals surface area (Å²) in [5.41, 5.74) is 1.22. The van der Waals surface area contributed by atoms with Gasteiger partial charge in [-0.15, -0.1) is 11.3 Å². The SMILES string of the molecule is Cc1cc(C(=O)N(C)Cc2cc(C#CCCO)cs2)no1. The van der Waals surface area contributed by atoms with E-state index in [1.165, 1.54) is 0 Å². The summed E-state index contributed by atoms with van der Waals surface area (Å²) in [6.07, 6.45) is 0.467. The number of aliphatic hydroxyl groups is 1. The van der Waals surface area contributed by atoms with E-state index in [1.807, 2.05) is 11.4 Å². The van der Waals surface area contributed by atoms with Crippen LogP contribution in [0.15, 0.2) is 22.0 Å². The monoisotopic (exact) mass is 304 g/mol. The van der Waals surface area contributed by atoms with Crippen molar-refractivity contribution in [3.8, 4) is 11.8 Å². The Hall–Kier alpha value is -2.10. The molecule has 1 N–H and O–H groups in total. The summed E-state index contributed by atoms with van der Waals surface area (Å²) in [5, 5.41) is 14.3. The molecule has 1 amide bonds. The summed E-state index contributed by atoms with van der Waals surface area (Å²) < 4.78 is 4.91. The van der Waals surface area contributed by atoms with Crippen molar-refractivity contribution in [3.63, 3.8) is 0 Å². The van der Waals surface area contributed by atoms with Crippen LogP contribution in [0.3, 0.4) is 0 Å². The highest BCUT2D eigenvalue weighted by molar-refractivity contribution is 7.10. The predicted molar refractivity (Wildman–Crippen MR) is 79.9 cm³/mol. The predicted octanol–water partition coefficient (Wildman–Crippen LogP) is 2.05. The number of nitrogens with zero attached hydrogens (tertiary/aromatic N) is 2. The fourth-order valence-corrected chi connectivity index (χ4v) is 2.59. The maximum Gasteiger partial charge on any atom is 0.276 e. The molecule has 2 aromatic heterocycles. The minimum absolute atomic E-state index is 0.0678. The average molecular weight is 304 g/mol. The summed E-state index contributed by atoms with van der Waals surface area (Å²) >= 11 is 1.55. The Bertz CT molecular complexity index is 678. The molecule has 0 saturated carbocycles. The van der Waals surface area contributed by atoms with Crippen LogP contribution in [0.25, 0.3) is 0 Å². The van der Waals surface area contributed by atoms with Gasteiger partial charge in [0.05, 0.1) is 13.2 Å². The molecule has 6 heteroatoms. The van der Waals surface area contributed by atoms with Crippen LogP contribution in [0, 0.1) is 18.8 Å². The second-order valence-electron chi connectivity index (χ2n) is 4.56. The first kappa shape index (κ1) is 15.3. The van der Waals surface area contributed by atoms with Crippen molar-refractivity contribution in [1.82, 2.24) is 10.1 Å². The summed E-state index contributed by atoms with van der Waals surface area (Å²) in [6, 6.07) is 3.58. The summed E-state index contributed by atoms with van der Waals surface area (Å²) in [5.74, 6) is 6.29. The Morgan fingerprint density at radius 1 is 1.52 bits per heavy atom. The van der Waals surface area contributed by atoms with Gasteiger partial charge in [-0.2, -0.15) is 0 Å². The third-order valence-electron chi connectivity index (χ3n) is 2.71. The number of aliphatic hydroxyl groups excluding tert-OH is 1. The van der Waals surface area contributed by atoms with E-state index in [0.717, 1.165) is 10.4 Å². The zero-order valence-corrected chi connectivity index (χ0v) is 12.7. The first-order chi connectivity index (χ1) is 10.1. The summed E-state index contributed by atoms with van der Waals surface area (Å²) in [7, 11) is 1.73. The van der Waals surface area contributed by atoms with Gasteiger partial charge in [0, 0.05) is 35.4 Å². The van der Waals surface area contributed by atoms with Gasteiger partial charge in [-0.1, -0.05) is 17.0 Å². The van der Waals surface area contributed by atoms with Crippen LogP contribution in [-0.2, 0) is 6.54 Å². The molecule has 2 aromatic rings. The van der Waals surface area contributed by atoms with E-state index >= 15 is 0 Å². The minimum atomic E-state index is -0.173. The van der Waals surface area contributed by atoms with Crippen LogP contribution in [0.2, 0.25) is 0 Å². The van der Waals surface area contributed by atoms with Crippen molar-refractivity contribution >= 4 is 17.2 Å². The van der Waals surface area contributed by atoms with Crippen LogP contribution >= 0.6 is 11.3 Å². The smallest absolute Gasteiger partial charge is 0.276 e. The second-order valence-corrected chi connectivity index (χ2v) is 5.56. The standard InChI is InChI=1S/C15H16N2O3S/c1-11-7-14(16-20-11)15(19)17(2)9-13-8-12(10-21-13)5-3-4-6-18/h7-8,10,18H,4,6,9H2,1-2H3. The lowest BCUT2D eigenvalue weighted by molar-refractivity contribution is 0.0776. The van der Waals surface area contributed by atoms with Gasteiger partial charge in [0.1, 0.15) is 5.76 Å². The molecule has 0 radical (unpaired) electrons. The Kier molecular flexibility index (Phi) is 5.14. The molecule has 0 aliphatic carbocycles. The zero-order valence-electron chi connectivity index (χ0n) is 11.9. The number of thiophene rings is 1. The lowest BCUT2D eigenvalue weighted by atomic mass is 10.3. The molecule has 0 fully saturated rings. The number of hydrogen-bond donors (Lipinski definition) is 1. The molecule has 2 rings (SSSR count). The van der Waals surface area contributed by atoms with Gasteiger partial charge in [0.2, 0.25) is 0 Å². The number of carbonyl (C=O) groups excluding carboxylic acids is 1. The molecule has 110 valence electrons. The molecular weight excluding hydrogens is 288 g/mol. The van der Waals surface area contributed by atoms with E-state index in [4.69, 9.17) is 9.63 Å². The lowest BCUT2D eigenvalue weighted by Crippen LogP contribution is -2.26. The number of hydrogen-bond acceptors (Lipinski definition) is 5. The Balaban J connectivity index is 1.98. The summed E-state index contributed by atoms with van der Waals surface area (Å²) in [4.78, 5) is 14.8. The maximum absolute atomic E-state index is 12.1. The van der Waals surface area contributed by atoms with Crippen molar-refractivity contribution in [2.75, 3.05) is 13.7 Å². The lowest BCUT2D eigenvalue weighted by Gasteiger charge is -2.13. The highest BCUT2D eigenvalue weighted by Crippen LogP contribution is 2.17. The van der Waals surface area contributed by atoms with Crippen molar-refractivity contribution < 1.29 is 14.4 Å². The van der Waals surface area contributed by atoms with E-state index in [9.17, 15) is 4.79 Å². The molecule has 0 spiro atoms. The Labute approximate surface area is 127 Å². The summed E-state index contributed by atoms with van der Waals surface area (Å²) in [6.45, 7) is 2.32. The largest absolute Gasteiger partial charge is 0.395 e. The van der Waals surface area contributed by atoms with Crippen LogP contribution in [0.4, 0.5) is 0 Å². The highest BCUT2D eigenvalue weighted by atomic mass is 32.1. The molecule has 0 aliphatic rings. The normalized spacial score (nSPS) is 10.0. The molecular formula is C15H16N2O3S. The van der Waals surface area contributed by atoms with Crippen LogP contribution in [0.5, 0.6) is 0 Å². The molecule has 0 unspecified atom stereocenters. The van der Waals surface area contributed by atoms with Gasteiger partial charge in [0.15, 0.2) is 5.69 Å². The first-order valence-electron chi connectivity index (χ1n) is 6.46. The van der Waals surface area contributed by atoms with Crippen molar-refractivity contribution in [1.29, 1.82) is 0 Å². The number of aryl methyl sites for hydroxylation is 1. The molecule has 0 aliphatic heterocycles. The van der Waals surface area contributed by atoms with Crippen molar-refractivity contribution in [3.05, 3.63) is 39.4 Å². The molecule has 2 heterocycles. The molecule has 0 bridgehead atoms. The number of rotatable bonds is 4. The van der Waals surface area contributed by atoms with E-state index in [2.05, 4.69) is 17.0 Å². The number of carbonyl (C=O) groups is 1. The van der Waals surface area contributed by atoms with Gasteiger partial charge in [0.25, 0.3) is 5.91 Å². The van der Waals surface area contributed by atoms with E-state index in [1.54, 1.807) is 36.3 Å². The topological polar surface area (TPSA) is 66.6 Å². The molecule has 0 atom stereocenters. The van der Waals surface area contributed by atoms with Gasteiger partial charge in [-0.25, -0.2) is 0 Å². The van der Waals surface area contributed by atoms with Gasteiger partial charge < -0.3 is 14.5 Å². The third kappa shape index (κ3) is 4.18. The van der Waals surface area contributed by atoms with Gasteiger partial charge >= 0.3 is 0 Å². The third-order valence-corrected chi connectivity index (χ3v) is 3.63. The quantitative estimate of drug-likeness (QED) is 0.878. The average Bonchev–Trinajstić information content (AvgIpc) is 3.07. The van der Waals surface area contributed by atoms with Gasteiger partial charge in [-0.05, 0) is 13.0 Å². The van der Waals surface area contributed by atoms with Crippen molar-refractivity contribution in [2.24, 2.45) is 0 Å². The van der Waals surface area contributed by atoms with Crippen molar-refractivity contribution in [2.45, 2.75) is 19.9 Å². The molecule has 5 nitrogen and oxygen atoms in total. The second kappa shape index (κ2) is 7.07.